The van der Waals surface area contributed by atoms with Gasteiger partial charge in [0.15, 0.2) is 5.78 Å². The fraction of sp³-hybridized carbons (Fsp3) is 0.786. The first-order valence-corrected chi connectivity index (χ1v) is 12.8. The zero-order chi connectivity index (χ0) is 23.8. The van der Waals surface area contributed by atoms with Crippen LogP contribution in [0.1, 0.15) is 74.1 Å². The maximum atomic E-state index is 14.0. The molecule has 0 bridgehead atoms. The van der Waals surface area contributed by atoms with Gasteiger partial charge in [-0.15, -0.1) is 0 Å². The van der Waals surface area contributed by atoms with E-state index in [0.29, 0.717) is 29.9 Å². The molecule has 4 rings (SSSR count). The number of Topliss-reactive ketones (excluding diaryl/α,β-unsaturated/α-hetero) is 1. The van der Waals surface area contributed by atoms with E-state index >= 15 is 0 Å². The largest absolute Gasteiger partial charge is 0.389 e. The van der Waals surface area contributed by atoms with Crippen molar-refractivity contribution >= 4 is 11.7 Å². The number of carbonyl (C=O) groups excluding carboxylic acids is 2. The van der Waals surface area contributed by atoms with Crippen LogP contribution in [0.2, 0.25) is 0 Å². The Bertz CT molecular complexity index is 872. The molecule has 3 aliphatic carbocycles. The topological polar surface area (TPSA) is 57.6 Å². The number of hydrogen-bond acceptors (Lipinski definition) is 3. The van der Waals surface area contributed by atoms with Crippen LogP contribution in [-0.2, 0) is 9.59 Å². The van der Waals surface area contributed by atoms with Gasteiger partial charge in [0.25, 0.3) is 0 Å². The van der Waals surface area contributed by atoms with Crippen molar-refractivity contribution in [2.24, 2.45) is 52.3 Å². The molecule has 4 nitrogen and oxygen atoms in total. The lowest BCUT2D eigenvalue weighted by molar-refractivity contribution is -0.185. The van der Waals surface area contributed by atoms with Gasteiger partial charge in [-0.1, -0.05) is 66.2 Å². The summed E-state index contributed by atoms with van der Waals surface area (Å²) in [4.78, 5) is 29.5. The van der Waals surface area contributed by atoms with Gasteiger partial charge in [-0.2, -0.15) is 0 Å². The zero-order valence-electron chi connectivity index (χ0n) is 21.3. The SMILES string of the molecule is CCC(C)/C=C1/C(=O)C2(CC3C4C(C)CC(C)CC4(C)C=CC3C(C)(O)C2C)C(=O)N1C. The summed E-state index contributed by atoms with van der Waals surface area (Å²) in [6, 6.07) is 0. The third-order valence-corrected chi connectivity index (χ3v) is 10.2. The maximum Gasteiger partial charge on any atom is 0.241 e. The van der Waals surface area contributed by atoms with E-state index in [2.05, 4.69) is 46.8 Å². The number of fused-ring (bicyclic) bond motifs is 3. The Kier molecular flexibility index (Phi) is 5.60. The Labute approximate surface area is 194 Å². The summed E-state index contributed by atoms with van der Waals surface area (Å²) in [5.74, 6) is 1.26. The lowest BCUT2D eigenvalue weighted by Crippen LogP contribution is -2.64. The van der Waals surface area contributed by atoms with E-state index in [1.807, 2.05) is 19.9 Å². The molecule has 1 N–H and O–H groups in total. The quantitative estimate of drug-likeness (QED) is 0.363. The average molecular weight is 442 g/mol. The number of likely N-dealkylation sites (N-methyl/N-ethyl adjacent to an activating group) is 1. The van der Waals surface area contributed by atoms with Gasteiger partial charge < -0.3 is 10.0 Å². The van der Waals surface area contributed by atoms with E-state index in [1.54, 1.807) is 11.9 Å². The maximum absolute atomic E-state index is 14.0. The van der Waals surface area contributed by atoms with Crippen LogP contribution in [0.5, 0.6) is 0 Å². The minimum absolute atomic E-state index is 0.0226. The van der Waals surface area contributed by atoms with E-state index in [1.165, 1.54) is 6.42 Å². The van der Waals surface area contributed by atoms with E-state index in [0.717, 1.165) is 12.8 Å². The highest BCUT2D eigenvalue weighted by atomic mass is 16.3. The first kappa shape index (κ1) is 23.7. The summed E-state index contributed by atoms with van der Waals surface area (Å²) in [5.41, 5.74) is -1.68. The molecule has 3 fully saturated rings. The first-order chi connectivity index (χ1) is 14.8. The van der Waals surface area contributed by atoms with Gasteiger partial charge >= 0.3 is 0 Å². The molecular formula is C28H43NO3. The highest BCUT2D eigenvalue weighted by molar-refractivity contribution is 6.21. The van der Waals surface area contributed by atoms with Crippen molar-refractivity contribution in [1.82, 2.24) is 4.90 Å². The number of aliphatic hydroxyl groups is 1. The number of nitrogens with zero attached hydrogens (tertiary/aromatic N) is 1. The molecule has 1 heterocycles. The van der Waals surface area contributed by atoms with E-state index in [-0.39, 0.29) is 34.9 Å². The van der Waals surface area contributed by atoms with E-state index < -0.39 is 16.9 Å². The zero-order valence-corrected chi connectivity index (χ0v) is 21.3. The molecule has 10 atom stereocenters. The third kappa shape index (κ3) is 3.04. The van der Waals surface area contributed by atoms with Crippen molar-refractivity contribution < 1.29 is 14.7 Å². The van der Waals surface area contributed by atoms with Crippen molar-refractivity contribution in [2.45, 2.75) is 79.8 Å². The van der Waals surface area contributed by atoms with Crippen LogP contribution in [0.3, 0.4) is 0 Å². The summed E-state index contributed by atoms with van der Waals surface area (Å²) < 4.78 is 0. The van der Waals surface area contributed by atoms with E-state index in [9.17, 15) is 14.7 Å². The standard InChI is InChI=1S/C28H43NO3/c1-9-16(2)13-22-24(30)28(25(31)29(22)8)15-20-21(27(7,32)19(28)5)10-11-26(6)14-17(3)12-18(4)23(20)26/h10-11,13,16-21,23,32H,9,12,14-15H2,1-8H3/b22-13-. The smallest absolute Gasteiger partial charge is 0.241 e. The molecule has 32 heavy (non-hydrogen) atoms. The predicted molar refractivity (Wildman–Crippen MR) is 127 cm³/mol. The Balaban J connectivity index is 1.84. The second-order valence-electron chi connectivity index (χ2n) is 12.4. The van der Waals surface area contributed by atoms with Crippen LogP contribution in [0.4, 0.5) is 0 Å². The Hall–Kier alpha value is -1.42. The molecule has 1 aliphatic heterocycles. The van der Waals surface area contributed by atoms with Crippen molar-refractivity contribution in [3.63, 3.8) is 0 Å². The molecule has 178 valence electrons. The fourth-order valence-electron chi connectivity index (χ4n) is 8.42. The minimum atomic E-state index is -1.16. The van der Waals surface area contributed by atoms with Crippen LogP contribution in [0.25, 0.3) is 0 Å². The highest BCUT2D eigenvalue weighted by Gasteiger charge is 2.69. The molecular weight excluding hydrogens is 398 g/mol. The van der Waals surface area contributed by atoms with Crippen LogP contribution < -0.4 is 0 Å². The third-order valence-electron chi connectivity index (χ3n) is 10.2. The van der Waals surface area contributed by atoms with Gasteiger partial charge in [0.05, 0.1) is 11.3 Å². The molecule has 0 aromatic rings. The van der Waals surface area contributed by atoms with Crippen molar-refractivity contribution in [2.75, 3.05) is 7.05 Å². The monoisotopic (exact) mass is 441 g/mol. The van der Waals surface area contributed by atoms with Crippen molar-refractivity contribution in [1.29, 1.82) is 0 Å². The number of rotatable bonds is 2. The normalized spacial score (nSPS) is 50.7. The molecule has 10 unspecified atom stereocenters. The molecule has 0 aromatic heterocycles. The summed E-state index contributed by atoms with van der Waals surface area (Å²) in [6.45, 7) is 15.0. The molecule has 1 saturated heterocycles. The average Bonchev–Trinajstić information content (AvgIpc) is 2.87. The first-order valence-electron chi connectivity index (χ1n) is 12.8. The number of allylic oxidation sites excluding steroid dienone is 3. The van der Waals surface area contributed by atoms with Gasteiger partial charge in [-0.3, -0.25) is 9.59 Å². The molecule has 4 aliphatic rings. The van der Waals surface area contributed by atoms with Crippen LogP contribution >= 0.6 is 0 Å². The molecule has 0 aromatic carbocycles. The van der Waals surface area contributed by atoms with Crippen molar-refractivity contribution in [3.8, 4) is 0 Å². The van der Waals surface area contributed by atoms with E-state index in [4.69, 9.17) is 0 Å². The Morgan fingerprint density at radius 2 is 1.88 bits per heavy atom. The molecule has 0 radical (unpaired) electrons. The summed E-state index contributed by atoms with van der Waals surface area (Å²) in [5, 5.41) is 11.9. The highest BCUT2D eigenvalue weighted by Crippen LogP contribution is 2.65. The number of carbonyl (C=O) groups is 2. The second-order valence-corrected chi connectivity index (χ2v) is 12.4. The molecule has 2 saturated carbocycles. The lowest BCUT2D eigenvalue weighted by atomic mass is 9.43. The van der Waals surface area contributed by atoms with Crippen LogP contribution in [-0.4, -0.2) is 34.3 Å². The number of likely N-dealkylation sites (tertiary alicyclic amines) is 1. The van der Waals surface area contributed by atoms with Gasteiger partial charge in [0.1, 0.15) is 5.41 Å². The molecule has 1 spiro atoms. The fourth-order valence-corrected chi connectivity index (χ4v) is 8.42. The number of ketones is 1. The predicted octanol–water partition coefficient (Wildman–Crippen LogP) is 5.23. The number of amides is 1. The van der Waals surface area contributed by atoms with Crippen LogP contribution in [0, 0.1) is 52.3 Å². The summed E-state index contributed by atoms with van der Waals surface area (Å²) in [7, 11) is 1.74. The minimum Gasteiger partial charge on any atom is -0.389 e. The Morgan fingerprint density at radius 1 is 1.22 bits per heavy atom. The van der Waals surface area contributed by atoms with Gasteiger partial charge in [0.2, 0.25) is 5.91 Å². The number of hydrogen-bond donors (Lipinski definition) is 1. The van der Waals surface area contributed by atoms with Gasteiger partial charge in [-0.05, 0) is 61.2 Å². The van der Waals surface area contributed by atoms with Gasteiger partial charge in [-0.25, -0.2) is 0 Å². The van der Waals surface area contributed by atoms with Gasteiger partial charge in [0, 0.05) is 18.9 Å². The lowest BCUT2D eigenvalue weighted by Gasteiger charge is -2.61. The summed E-state index contributed by atoms with van der Waals surface area (Å²) >= 11 is 0. The summed E-state index contributed by atoms with van der Waals surface area (Å²) in [6.07, 6.45) is 10.3. The second kappa shape index (κ2) is 7.55. The van der Waals surface area contributed by atoms with Crippen molar-refractivity contribution in [3.05, 3.63) is 23.9 Å². The molecule has 1 amide bonds. The van der Waals surface area contributed by atoms with Crippen LogP contribution in [0.15, 0.2) is 23.9 Å². The Morgan fingerprint density at radius 3 is 2.50 bits per heavy atom. The molecule has 4 heteroatoms.